The van der Waals surface area contributed by atoms with E-state index >= 15 is 0 Å². The molecule has 6 rings (SSSR count). The zero-order valence-electron chi connectivity index (χ0n) is 17.9. The van der Waals surface area contributed by atoms with Crippen molar-refractivity contribution in [2.75, 3.05) is 25.0 Å². The van der Waals surface area contributed by atoms with Crippen LogP contribution in [0.2, 0.25) is 0 Å². The summed E-state index contributed by atoms with van der Waals surface area (Å²) in [5.41, 5.74) is 5.09. The molecule has 0 saturated carbocycles. The molecule has 4 aliphatic rings. The molecule has 2 aromatic heterocycles. The van der Waals surface area contributed by atoms with E-state index in [2.05, 4.69) is 19.7 Å². The third-order valence-corrected chi connectivity index (χ3v) is 8.33. The number of ether oxygens (including phenoxy) is 1. The molecule has 0 aromatic carbocycles. The number of urea groups is 1. The van der Waals surface area contributed by atoms with Gasteiger partial charge in [-0.1, -0.05) is 0 Å². The number of hydrogen-bond acceptors (Lipinski definition) is 6. The van der Waals surface area contributed by atoms with Crippen LogP contribution < -0.4 is 15.2 Å². The molecule has 2 unspecified atom stereocenters. The first-order valence-electron chi connectivity index (χ1n) is 11.3. The van der Waals surface area contributed by atoms with Crippen LogP contribution in [0.15, 0.2) is 15.5 Å². The van der Waals surface area contributed by atoms with Crippen LogP contribution in [0.4, 0.5) is 10.5 Å². The third kappa shape index (κ3) is 3.30. The van der Waals surface area contributed by atoms with Gasteiger partial charge in [0, 0.05) is 11.4 Å². The highest BCUT2D eigenvalue weighted by atomic mass is 32.2. The number of rotatable bonds is 3. The van der Waals surface area contributed by atoms with Gasteiger partial charge in [0.05, 0.1) is 24.5 Å². The van der Waals surface area contributed by atoms with E-state index in [4.69, 9.17) is 14.9 Å². The second kappa shape index (κ2) is 7.53. The van der Waals surface area contributed by atoms with Gasteiger partial charge >= 0.3 is 6.03 Å². The average Bonchev–Trinajstić information content (AvgIpc) is 3.44. The number of hydrogen-bond donors (Lipinski definition) is 2. The fourth-order valence-corrected chi connectivity index (χ4v) is 6.23. The highest BCUT2D eigenvalue weighted by Crippen LogP contribution is 2.37. The van der Waals surface area contributed by atoms with Crippen LogP contribution >= 0.6 is 0 Å². The van der Waals surface area contributed by atoms with Crippen LogP contribution in [0, 0.1) is 0 Å². The topological polar surface area (TPSA) is 128 Å². The molecule has 32 heavy (non-hydrogen) atoms. The molecular formula is C21H27N7O3S. The van der Waals surface area contributed by atoms with E-state index in [9.17, 15) is 9.00 Å². The average molecular weight is 458 g/mol. The lowest BCUT2D eigenvalue weighted by Crippen LogP contribution is -2.51. The fraction of sp³-hybridized carbons (Fsp3) is 0.571. The maximum absolute atomic E-state index is 13.3. The van der Waals surface area contributed by atoms with E-state index < -0.39 is 15.9 Å². The molecule has 3 N–H and O–H groups in total. The lowest BCUT2D eigenvalue weighted by molar-refractivity contribution is 0.0417. The minimum absolute atomic E-state index is 0.167. The van der Waals surface area contributed by atoms with E-state index in [1.54, 1.807) is 4.68 Å². The first-order valence-corrected chi connectivity index (χ1v) is 12.9. The van der Waals surface area contributed by atoms with E-state index in [1.165, 1.54) is 12.6 Å². The maximum Gasteiger partial charge on any atom is 0.354 e. The van der Waals surface area contributed by atoms with Crippen molar-refractivity contribution < 1.29 is 13.7 Å². The van der Waals surface area contributed by atoms with Gasteiger partial charge in [0.25, 0.3) is 0 Å². The molecule has 1 fully saturated rings. The number of anilines is 1. The number of likely N-dealkylation sites (tertiary alicyclic amines) is 1. The van der Waals surface area contributed by atoms with Crippen molar-refractivity contribution in [2.45, 2.75) is 62.4 Å². The molecular weight excluding hydrogens is 430 g/mol. The first kappa shape index (κ1) is 20.1. The smallest absolute Gasteiger partial charge is 0.354 e. The van der Waals surface area contributed by atoms with Crippen LogP contribution in [0.25, 0.3) is 0 Å². The predicted molar refractivity (Wildman–Crippen MR) is 118 cm³/mol. The van der Waals surface area contributed by atoms with Crippen molar-refractivity contribution >= 4 is 21.6 Å². The molecule has 170 valence electrons. The summed E-state index contributed by atoms with van der Waals surface area (Å²) >= 11 is 0. The monoisotopic (exact) mass is 457 g/mol. The Kier molecular flexibility index (Phi) is 4.74. The van der Waals surface area contributed by atoms with E-state index in [1.807, 2.05) is 0 Å². The van der Waals surface area contributed by atoms with Crippen molar-refractivity contribution in [3.63, 3.8) is 0 Å². The van der Waals surface area contributed by atoms with Gasteiger partial charge in [0.2, 0.25) is 5.88 Å². The Morgan fingerprint density at radius 2 is 1.88 bits per heavy atom. The zero-order valence-corrected chi connectivity index (χ0v) is 18.7. The van der Waals surface area contributed by atoms with Crippen LogP contribution in [0.5, 0.6) is 5.88 Å². The van der Waals surface area contributed by atoms with E-state index in [0.717, 1.165) is 79.8 Å². The molecule has 2 aliphatic heterocycles. The predicted octanol–water partition coefficient (Wildman–Crippen LogP) is 1.65. The van der Waals surface area contributed by atoms with E-state index in [-0.39, 0.29) is 10.9 Å². The molecule has 4 heterocycles. The number of carbonyl (C=O) groups excluding carboxylic acids is 1. The van der Waals surface area contributed by atoms with Crippen molar-refractivity contribution in [2.24, 2.45) is 9.50 Å². The van der Waals surface area contributed by atoms with Gasteiger partial charge in [-0.2, -0.15) is 5.10 Å². The third-order valence-electron chi connectivity index (χ3n) is 6.98. The summed E-state index contributed by atoms with van der Waals surface area (Å²) in [6.07, 6.45) is 8.27. The lowest BCUT2D eigenvalue weighted by atomic mass is 10.1. The van der Waals surface area contributed by atoms with Crippen molar-refractivity contribution in [1.82, 2.24) is 19.7 Å². The first-order chi connectivity index (χ1) is 15.5. The number of fused-ring (bicyclic) bond motifs is 3. The number of aryl methyl sites for hydroxylation is 2. The Morgan fingerprint density at radius 3 is 2.53 bits per heavy atom. The van der Waals surface area contributed by atoms with Crippen LogP contribution in [-0.4, -0.2) is 55.6 Å². The summed E-state index contributed by atoms with van der Waals surface area (Å²) < 4.78 is 24.7. The Bertz CT molecular complexity index is 1190. The second-order valence-electron chi connectivity index (χ2n) is 8.98. The Balaban J connectivity index is 1.27. The van der Waals surface area contributed by atoms with Gasteiger partial charge in [-0.3, -0.25) is 9.88 Å². The molecule has 11 heteroatoms. The quantitative estimate of drug-likeness (QED) is 0.721. The number of aromatic nitrogens is 3. The normalized spacial score (nSPS) is 23.3. The summed E-state index contributed by atoms with van der Waals surface area (Å²) in [7, 11) is -3.51. The standard InChI is InChI=1S/C21H27N7O3S/c22-32(30,18-10-23-28-11-13(12-31-20(18)28)27-8-3-9-27)26-21(29)25-19-14-4-1-6-16(14)24-17-7-2-5-15(17)19/h10,13H,1-9,11-12H2,(H3,22,24,25,26,29,30). The number of nitrogens with zero attached hydrogens (tertiary/aromatic N) is 5. The molecule has 0 radical (unpaired) electrons. The molecule has 2 atom stereocenters. The minimum Gasteiger partial charge on any atom is -0.475 e. The summed E-state index contributed by atoms with van der Waals surface area (Å²) in [4.78, 5) is 20.2. The minimum atomic E-state index is -3.51. The van der Waals surface area contributed by atoms with Crippen molar-refractivity contribution in [1.29, 1.82) is 0 Å². The van der Waals surface area contributed by atoms with Crippen LogP contribution in [-0.2, 0) is 42.1 Å². The number of nitrogens with two attached hydrogens (primary N) is 1. The molecule has 2 amide bonds. The summed E-state index contributed by atoms with van der Waals surface area (Å²) in [6, 6.07) is -0.463. The highest BCUT2D eigenvalue weighted by Gasteiger charge is 2.33. The molecule has 0 bridgehead atoms. The SMILES string of the molecule is NS(=O)(=NC(=O)Nc1c2c(nc3c1CCC3)CCC2)c1cnn2c1OCC(N1CCC1)C2. The fourth-order valence-electron chi connectivity index (χ4n) is 5.23. The Morgan fingerprint density at radius 1 is 1.16 bits per heavy atom. The number of nitrogens with one attached hydrogen (secondary N) is 1. The van der Waals surface area contributed by atoms with E-state index in [0.29, 0.717) is 19.0 Å². The van der Waals surface area contributed by atoms with Crippen molar-refractivity contribution in [3.05, 3.63) is 28.7 Å². The van der Waals surface area contributed by atoms with Crippen LogP contribution in [0.1, 0.15) is 41.8 Å². The molecule has 1 saturated heterocycles. The number of amides is 2. The zero-order chi connectivity index (χ0) is 21.9. The van der Waals surface area contributed by atoms with Gasteiger partial charge in [0.15, 0.2) is 9.92 Å². The van der Waals surface area contributed by atoms with Gasteiger partial charge in [-0.05, 0) is 69.2 Å². The number of pyridine rings is 1. The Labute approximate surface area is 186 Å². The van der Waals surface area contributed by atoms with Crippen LogP contribution in [0.3, 0.4) is 0 Å². The maximum atomic E-state index is 13.3. The molecule has 10 nitrogen and oxygen atoms in total. The van der Waals surface area contributed by atoms with Gasteiger partial charge < -0.3 is 10.1 Å². The largest absolute Gasteiger partial charge is 0.475 e. The highest BCUT2D eigenvalue weighted by molar-refractivity contribution is 7.91. The van der Waals surface area contributed by atoms with Crippen molar-refractivity contribution in [3.8, 4) is 5.88 Å². The summed E-state index contributed by atoms with van der Waals surface area (Å²) in [5, 5.41) is 13.3. The molecule has 2 aromatic rings. The lowest BCUT2D eigenvalue weighted by Gasteiger charge is -2.40. The Hall–Kier alpha value is -2.50. The summed E-state index contributed by atoms with van der Waals surface area (Å²) in [6.45, 7) is 3.24. The van der Waals surface area contributed by atoms with Gasteiger partial charge in [0.1, 0.15) is 11.5 Å². The van der Waals surface area contributed by atoms with Gasteiger partial charge in [-0.25, -0.2) is 18.8 Å². The molecule has 2 aliphatic carbocycles. The van der Waals surface area contributed by atoms with Gasteiger partial charge in [-0.15, -0.1) is 4.36 Å². The molecule has 0 spiro atoms. The summed E-state index contributed by atoms with van der Waals surface area (Å²) in [5.74, 6) is 0.344. The second-order valence-corrected chi connectivity index (χ2v) is 10.7. The number of carbonyl (C=O) groups is 1.